The number of methoxy groups -OCH3 is 2. The van der Waals surface area contributed by atoms with Gasteiger partial charge in [0.1, 0.15) is 0 Å². The second kappa shape index (κ2) is 10.7. The van der Waals surface area contributed by atoms with Gasteiger partial charge >= 0.3 is 11.7 Å². The number of carbonyl (C=O) groups is 3. The van der Waals surface area contributed by atoms with Crippen LogP contribution in [0.2, 0.25) is 0 Å². The number of anilines is 2. The Morgan fingerprint density at radius 2 is 1.55 bits per heavy atom. The molecule has 2 N–H and O–H groups in total. The predicted octanol–water partition coefficient (Wildman–Crippen LogP) is 2.45. The van der Waals surface area contributed by atoms with Crippen LogP contribution in [0.1, 0.15) is 17.3 Å². The van der Waals surface area contributed by atoms with E-state index >= 15 is 0 Å². The number of hydrogen-bond acceptors (Lipinski definition) is 8. The topological polar surface area (TPSA) is 137 Å². The number of carbonyl (C=O) groups excluding carboxylic acids is 3. The van der Waals surface area contributed by atoms with E-state index in [0.29, 0.717) is 0 Å². The van der Waals surface area contributed by atoms with Gasteiger partial charge in [-0.2, -0.15) is 8.78 Å². The van der Waals surface area contributed by atoms with Crippen molar-refractivity contribution < 1.29 is 45.8 Å². The van der Waals surface area contributed by atoms with Gasteiger partial charge in [0.2, 0.25) is 15.7 Å². The maximum Gasteiger partial charge on any atom is 0.341 e. The highest BCUT2D eigenvalue weighted by Crippen LogP contribution is 2.33. The number of alkyl halides is 2. The molecule has 2 aromatic rings. The van der Waals surface area contributed by atoms with Gasteiger partial charge in [0.05, 0.1) is 30.4 Å². The van der Waals surface area contributed by atoms with Crippen LogP contribution in [0.4, 0.5) is 20.2 Å². The van der Waals surface area contributed by atoms with Crippen molar-refractivity contribution in [2.75, 3.05) is 31.5 Å². The van der Waals surface area contributed by atoms with Gasteiger partial charge in [0, 0.05) is 24.7 Å². The molecule has 0 saturated heterocycles. The summed E-state index contributed by atoms with van der Waals surface area (Å²) >= 11 is 0. The predicted molar refractivity (Wildman–Crippen MR) is 112 cm³/mol. The molecule has 2 amide bonds. The zero-order valence-electron chi connectivity index (χ0n) is 17.7. The lowest BCUT2D eigenvalue weighted by Gasteiger charge is -2.14. The van der Waals surface area contributed by atoms with Gasteiger partial charge in [-0.05, 0) is 24.3 Å². The lowest BCUT2D eigenvalue weighted by Crippen LogP contribution is -2.22. The number of ether oxygens (including phenoxy) is 3. The molecule has 0 aromatic heterocycles. The molecule has 0 fully saturated rings. The van der Waals surface area contributed by atoms with Crippen LogP contribution in [0, 0.1) is 0 Å². The minimum Gasteiger partial charge on any atom is -0.493 e. The first kappa shape index (κ1) is 25.5. The molecule has 0 spiro atoms. The molecule has 0 aliphatic carbocycles. The van der Waals surface area contributed by atoms with Gasteiger partial charge in [0.25, 0.3) is 5.91 Å². The van der Waals surface area contributed by atoms with Crippen LogP contribution in [0.25, 0.3) is 0 Å². The SMILES string of the molecule is COc1cc(NC(C)=O)c(C(=O)OCC(=O)Nc2ccc(S(=O)(=O)C(F)F)cc2)cc1OC. The summed E-state index contributed by atoms with van der Waals surface area (Å²) in [6, 6.07) is 6.66. The third-order valence-corrected chi connectivity index (χ3v) is 5.49. The van der Waals surface area contributed by atoms with Crippen molar-refractivity contribution in [3.05, 3.63) is 42.0 Å². The first-order chi connectivity index (χ1) is 15.5. The van der Waals surface area contributed by atoms with Crippen LogP contribution < -0.4 is 20.1 Å². The first-order valence-electron chi connectivity index (χ1n) is 9.12. The van der Waals surface area contributed by atoms with Crippen molar-refractivity contribution in [2.45, 2.75) is 17.6 Å². The van der Waals surface area contributed by atoms with Crippen molar-refractivity contribution in [1.82, 2.24) is 0 Å². The molecule has 0 aliphatic heterocycles. The number of sulfone groups is 1. The molecule has 178 valence electrons. The molecular weight excluding hydrogens is 466 g/mol. The Labute approximate surface area is 187 Å². The molecule has 0 saturated carbocycles. The van der Waals surface area contributed by atoms with Crippen LogP contribution in [0.3, 0.4) is 0 Å². The monoisotopic (exact) mass is 486 g/mol. The summed E-state index contributed by atoms with van der Waals surface area (Å²) in [5, 5.41) is 4.79. The molecule has 0 aliphatic rings. The van der Waals surface area contributed by atoms with E-state index in [1.807, 2.05) is 0 Å². The van der Waals surface area contributed by atoms with Gasteiger partial charge in [-0.15, -0.1) is 0 Å². The van der Waals surface area contributed by atoms with Gasteiger partial charge in [0.15, 0.2) is 18.1 Å². The summed E-state index contributed by atoms with van der Waals surface area (Å²) in [6.45, 7) is 0.501. The van der Waals surface area contributed by atoms with Crippen molar-refractivity contribution in [3.8, 4) is 11.5 Å². The lowest BCUT2D eigenvalue weighted by molar-refractivity contribution is -0.119. The summed E-state index contributed by atoms with van der Waals surface area (Å²) in [7, 11) is -2.05. The molecule has 0 atom stereocenters. The number of halogens is 2. The maximum absolute atomic E-state index is 12.6. The highest BCUT2D eigenvalue weighted by molar-refractivity contribution is 7.91. The van der Waals surface area contributed by atoms with Crippen LogP contribution in [-0.2, 0) is 24.2 Å². The Kier molecular flexibility index (Phi) is 8.29. The fraction of sp³-hybridized carbons (Fsp3) is 0.250. The Balaban J connectivity index is 2.10. The number of nitrogens with one attached hydrogen (secondary N) is 2. The van der Waals surface area contributed by atoms with Crippen LogP contribution in [0.15, 0.2) is 41.3 Å². The molecule has 10 nitrogen and oxygen atoms in total. The summed E-state index contributed by atoms with van der Waals surface area (Å²) in [5.74, 6) is -5.35. The molecule has 0 radical (unpaired) electrons. The Morgan fingerprint density at radius 1 is 0.970 bits per heavy atom. The third kappa shape index (κ3) is 6.38. The fourth-order valence-corrected chi connectivity index (χ4v) is 3.30. The molecule has 13 heteroatoms. The van der Waals surface area contributed by atoms with E-state index in [4.69, 9.17) is 14.2 Å². The minimum atomic E-state index is -4.76. The van der Waals surface area contributed by atoms with E-state index in [9.17, 15) is 31.6 Å². The summed E-state index contributed by atoms with van der Waals surface area (Å²) in [4.78, 5) is 35.4. The third-order valence-electron chi connectivity index (χ3n) is 4.09. The number of amides is 2. The van der Waals surface area contributed by atoms with Crippen LogP contribution in [0.5, 0.6) is 11.5 Å². The average molecular weight is 486 g/mol. The fourth-order valence-electron chi connectivity index (χ4n) is 2.58. The Bertz CT molecular complexity index is 1150. The zero-order valence-corrected chi connectivity index (χ0v) is 18.5. The van der Waals surface area contributed by atoms with E-state index in [-0.39, 0.29) is 28.4 Å². The number of hydrogen-bond donors (Lipinski definition) is 2. The minimum absolute atomic E-state index is 0.0707. The first-order valence-corrected chi connectivity index (χ1v) is 10.7. The highest BCUT2D eigenvalue weighted by atomic mass is 32.2. The number of rotatable bonds is 9. The maximum atomic E-state index is 12.6. The average Bonchev–Trinajstić information content (AvgIpc) is 2.77. The standard InChI is InChI=1S/C20H20F2N2O8S/c1-11(25)23-15-9-17(31-3)16(30-2)8-14(15)19(27)32-10-18(26)24-12-4-6-13(7-5-12)33(28,29)20(21)22/h4-9,20H,10H2,1-3H3,(H,23,25)(H,24,26). The molecule has 0 unspecified atom stereocenters. The van der Waals surface area contributed by atoms with Crippen molar-refractivity contribution in [1.29, 1.82) is 0 Å². The Hall–Kier alpha value is -3.74. The number of esters is 1. The van der Waals surface area contributed by atoms with E-state index < -0.39 is 44.9 Å². The number of benzene rings is 2. The summed E-state index contributed by atoms with van der Waals surface area (Å²) in [5.41, 5.74) is 0.0629. The molecule has 2 rings (SSSR count). The van der Waals surface area contributed by atoms with Gasteiger partial charge in [-0.25, -0.2) is 13.2 Å². The molecule has 0 heterocycles. The van der Waals surface area contributed by atoms with Gasteiger partial charge in [-0.1, -0.05) is 0 Å². The molecular formula is C20H20F2N2O8S. The second-order valence-electron chi connectivity index (χ2n) is 6.39. The van der Waals surface area contributed by atoms with E-state index in [1.54, 1.807) is 0 Å². The van der Waals surface area contributed by atoms with E-state index in [0.717, 1.165) is 24.3 Å². The normalized spacial score (nSPS) is 11.0. The highest BCUT2D eigenvalue weighted by Gasteiger charge is 2.26. The van der Waals surface area contributed by atoms with Crippen LogP contribution >= 0.6 is 0 Å². The van der Waals surface area contributed by atoms with Crippen LogP contribution in [-0.4, -0.2) is 52.8 Å². The zero-order chi connectivity index (χ0) is 24.8. The molecule has 0 bridgehead atoms. The quantitative estimate of drug-likeness (QED) is 0.516. The molecule has 2 aromatic carbocycles. The second-order valence-corrected chi connectivity index (χ2v) is 8.31. The largest absolute Gasteiger partial charge is 0.493 e. The lowest BCUT2D eigenvalue weighted by atomic mass is 10.1. The van der Waals surface area contributed by atoms with Crippen molar-refractivity contribution >= 4 is 39.0 Å². The van der Waals surface area contributed by atoms with Gasteiger partial charge in [-0.3, -0.25) is 9.59 Å². The summed E-state index contributed by atoms with van der Waals surface area (Å²) in [6.07, 6.45) is 0. The van der Waals surface area contributed by atoms with E-state index in [2.05, 4.69) is 10.6 Å². The molecule has 33 heavy (non-hydrogen) atoms. The summed E-state index contributed by atoms with van der Waals surface area (Å²) < 4.78 is 63.2. The Morgan fingerprint density at radius 3 is 2.06 bits per heavy atom. The van der Waals surface area contributed by atoms with Gasteiger partial charge < -0.3 is 24.8 Å². The smallest absolute Gasteiger partial charge is 0.341 e. The van der Waals surface area contributed by atoms with E-state index in [1.165, 1.54) is 33.3 Å². The van der Waals surface area contributed by atoms with Crippen molar-refractivity contribution in [3.63, 3.8) is 0 Å². The van der Waals surface area contributed by atoms with Crippen molar-refractivity contribution in [2.24, 2.45) is 0 Å².